The van der Waals surface area contributed by atoms with Crippen molar-refractivity contribution >= 4 is 17.4 Å². The highest BCUT2D eigenvalue weighted by atomic mass is 35.5. The number of oxazole rings is 1. The van der Waals surface area contributed by atoms with E-state index in [4.69, 9.17) is 20.8 Å². The van der Waals surface area contributed by atoms with Gasteiger partial charge in [-0.1, -0.05) is 18.5 Å². The molecule has 26 heavy (non-hydrogen) atoms. The second-order valence-electron chi connectivity index (χ2n) is 6.30. The molecule has 0 radical (unpaired) electrons. The van der Waals surface area contributed by atoms with Crippen molar-refractivity contribution < 1.29 is 18.3 Å². The summed E-state index contributed by atoms with van der Waals surface area (Å²) < 4.78 is 25.2. The van der Waals surface area contributed by atoms with Crippen LogP contribution in [-0.4, -0.2) is 10.8 Å². The predicted octanol–water partition coefficient (Wildman–Crippen LogP) is 5.40. The van der Waals surface area contributed by atoms with Crippen molar-refractivity contribution in [3.8, 4) is 17.2 Å². The zero-order chi connectivity index (χ0) is 18.3. The van der Waals surface area contributed by atoms with Gasteiger partial charge >= 0.3 is 0 Å². The highest BCUT2D eigenvalue weighted by molar-refractivity contribution is 6.30. The van der Waals surface area contributed by atoms with Crippen molar-refractivity contribution in [2.75, 3.05) is 0 Å². The van der Waals surface area contributed by atoms with Crippen molar-refractivity contribution in [1.82, 2.24) is 4.98 Å². The summed E-state index contributed by atoms with van der Waals surface area (Å²) in [5.41, 5.74) is 2.16. The summed E-state index contributed by atoms with van der Waals surface area (Å²) >= 11 is 5.88. The SMILES string of the molecule is C[C@@H]1CC(=O)c2c(OCc3coc(-c4ccc(Cl)cc4)n3)ccc(F)c21. The molecule has 4 nitrogen and oxygen atoms in total. The molecule has 0 amide bonds. The van der Waals surface area contributed by atoms with Crippen LogP contribution in [0.2, 0.25) is 5.02 Å². The molecule has 132 valence electrons. The first-order valence-electron chi connectivity index (χ1n) is 8.21. The molecule has 6 heteroatoms. The fraction of sp³-hybridized carbons (Fsp3) is 0.200. The molecule has 3 aromatic rings. The number of ether oxygens (including phenoxy) is 1. The van der Waals surface area contributed by atoms with Crippen LogP contribution < -0.4 is 4.74 Å². The molecule has 0 bridgehead atoms. The first-order chi connectivity index (χ1) is 12.5. The number of carbonyl (C=O) groups excluding carboxylic acids is 1. The predicted molar refractivity (Wildman–Crippen MR) is 95.0 cm³/mol. The molecule has 0 unspecified atom stereocenters. The number of nitrogens with zero attached hydrogens (tertiary/aromatic N) is 1. The van der Waals surface area contributed by atoms with E-state index < -0.39 is 0 Å². The summed E-state index contributed by atoms with van der Waals surface area (Å²) in [5, 5.41) is 0.632. The number of ketones is 1. The third kappa shape index (κ3) is 2.99. The largest absolute Gasteiger partial charge is 0.486 e. The molecule has 2 aromatic carbocycles. The van der Waals surface area contributed by atoms with Gasteiger partial charge < -0.3 is 9.15 Å². The van der Waals surface area contributed by atoms with Gasteiger partial charge in [-0.3, -0.25) is 4.79 Å². The summed E-state index contributed by atoms with van der Waals surface area (Å²) in [6.07, 6.45) is 1.80. The number of halogens is 2. The molecule has 1 atom stereocenters. The minimum Gasteiger partial charge on any atom is -0.486 e. The summed E-state index contributed by atoms with van der Waals surface area (Å²) in [5.74, 6) is 0.242. The van der Waals surface area contributed by atoms with Gasteiger partial charge in [0.25, 0.3) is 0 Å². The fourth-order valence-electron chi connectivity index (χ4n) is 3.20. The van der Waals surface area contributed by atoms with E-state index in [0.717, 1.165) is 5.56 Å². The van der Waals surface area contributed by atoms with Gasteiger partial charge in [-0.05, 0) is 42.3 Å². The maximum Gasteiger partial charge on any atom is 0.226 e. The van der Waals surface area contributed by atoms with Crippen molar-refractivity contribution in [2.24, 2.45) is 0 Å². The third-order valence-electron chi connectivity index (χ3n) is 4.44. The molecule has 1 aliphatic rings. The Kier molecular flexibility index (Phi) is 4.24. The van der Waals surface area contributed by atoms with Gasteiger partial charge in [-0.2, -0.15) is 0 Å². The zero-order valence-electron chi connectivity index (χ0n) is 14.0. The van der Waals surface area contributed by atoms with E-state index in [1.54, 1.807) is 12.1 Å². The topological polar surface area (TPSA) is 52.3 Å². The van der Waals surface area contributed by atoms with Gasteiger partial charge in [-0.25, -0.2) is 9.37 Å². The molecular formula is C20H15ClFNO3. The summed E-state index contributed by atoms with van der Waals surface area (Å²) in [6, 6.07) is 9.96. The number of carbonyl (C=O) groups is 1. The van der Waals surface area contributed by atoms with E-state index in [9.17, 15) is 9.18 Å². The van der Waals surface area contributed by atoms with Crippen LogP contribution in [0, 0.1) is 5.82 Å². The Balaban J connectivity index is 1.54. The second kappa shape index (κ2) is 6.57. The van der Waals surface area contributed by atoms with E-state index in [1.165, 1.54) is 18.4 Å². The van der Waals surface area contributed by atoms with E-state index >= 15 is 0 Å². The van der Waals surface area contributed by atoms with Gasteiger partial charge in [0.2, 0.25) is 5.89 Å². The Morgan fingerprint density at radius 3 is 2.81 bits per heavy atom. The van der Waals surface area contributed by atoms with Crippen molar-refractivity contribution in [3.63, 3.8) is 0 Å². The summed E-state index contributed by atoms with van der Waals surface area (Å²) in [7, 11) is 0. The normalized spacial score (nSPS) is 16.0. The Morgan fingerprint density at radius 2 is 2.04 bits per heavy atom. The van der Waals surface area contributed by atoms with Crippen LogP contribution in [0.3, 0.4) is 0 Å². The van der Waals surface area contributed by atoms with Gasteiger partial charge in [0.15, 0.2) is 5.78 Å². The van der Waals surface area contributed by atoms with Crippen LogP contribution in [0.5, 0.6) is 5.75 Å². The number of fused-ring (bicyclic) bond motifs is 1. The zero-order valence-corrected chi connectivity index (χ0v) is 14.7. The molecule has 0 saturated heterocycles. The van der Waals surface area contributed by atoms with Gasteiger partial charge in [0, 0.05) is 22.6 Å². The quantitative estimate of drug-likeness (QED) is 0.616. The third-order valence-corrected chi connectivity index (χ3v) is 4.69. The Bertz CT molecular complexity index is 981. The van der Waals surface area contributed by atoms with Crippen LogP contribution in [0.15, 0.2) is 47.1 Å². The number of rotatable bonds is 4. The smallest absolute Gasteiger partial charge is 0.226 e. The molecule has 0 fully saturated rings. The van der Waals surface area contributed by atoms with Gasteiger partial charge in [-0.15, -0.1) is 0 Å². The number of hydrogen-bond acceptors (Lipinski definition) is 4. The fourth-order valence-corrected chi connectivity index (χ4v) is 3.32. The van der Waals surface area contributed by atoms with Crippen LogP contribution in [0.25, 0.3) is 11.5 Å². The molecule has 1 aromatic heterocycles. The lowest BCUT2D eigenvalue weighted by Crippen LogP contribution is -2.03. The standard InChI is InChI=1S/C20H15ClFNO3/c1-11-8-16(24)19-17(7-6-15(22)18(11)19)25-9-14-10-26-20(23-14)12-2-4-13(21)5-3-12/h2-7,10-11H,8-9H2,1H3/t11-/m1/s1. The van der Waals surface area contributed by atoms with Gasteiger partial charge in [0.05, 0.1) is 5.56 Å². The Morgan fingerprint density at radius 1 is 1.27 bits per heavy atom. The molecule has 0 spiro atoms. The Labute approximate surface area is 154 Å². The van der Waals surface area contributed by atoms with Crippen LogP contribution in [0.4, 0.5) is 4.39 Å². The summed E-state index contributed by atoms with van der Waals surface area (Å²) in [6.45, 7) is 1.96. The van der Waals surface area contributed by atoms with E-state index in [0.29, 0.717) is 39.9 Å². The molecule has 4 rings (SSSR count). The molecular weight excluding hydrogens is 357 g/mol. The monoisotopic (exact) mass is 371 g/mol. The molecule has 1 aliphatic carbocycles. The van der Waals surface area contributed by atoms with Crippen molar-refractivity contribution in [3.05, 3.63) is 70.3 Å². The summed E-state index contributed by atoms with van der Waals surface area (Å²) in [4.78, 5) is 16.6. The molecule has 0 aliphatic heterocycles. The highest BCUT2D eigenvalue weighted by Gasteiger charge is 2.32. The lowest BCUT2D eigenvalue weighted by atomic mass is 10.0. The van der Waals surface area contributed by atoms with Crippen LogP contribution in [-0.2, 0) is 6.61 Å². The minimum atomic E-state index is -0.364. The average Bonchev–Trinajstić information content (AvgIpc) is 3.20. The Hall–Kier alpha value is -2.66. The van der Waals surface area contributed by atoms with E-state index in [-0.39, 0.29) is 24.1 Å². The van der Waals surface area contributed by atoms with Crippen molar-refractivity contribution in [1.29, 1.82) is 0 Å². The van der Waals surface area contributed by atoms with E-state index in [1.807, 2.05) is 19.1 Å². The number of Topliss-reactive ketones (excluding diaryl/α,β-unsaturated/α-hetero) is 1. The maximum absolute atomic E-state index is 14.0. The lowest BCUT2D eigenvalue weighted by Gasteiger charge is -2.10. The first-order valence-corrected chi connectivity index (χ1v) is 8.59. The van der Waals surface area contributed by atoms with Crippen LogP contribution >= 0.6 is 11.6 Å². The molecule has 1 heterocycles. The van der Waals surface area contributed by atoms with Crippen molar-refractivity contribution in [2.45, 2.75) is 25.9 Å². The van der Waals surface area contributed by atoms with E-state index in [2.05, 4.69) is 4.98 Å². The maximum atomic E-state index is 14.0. The van der Waals surface area contributed by atoms with Crippen LogP contribution in [0.1, 0.15) is 40.9 Å². The first kappa shape index (κ1) is 16.8. The second-order valence-corrected chi connectivity index (χ2v) is 6.74. The molecule has 0 N–H and O–H groups in total. The number of aromatic nitrogens is 1. The number of benzene rings is 2. The average molecular weight is 372 g/mol. The lowest BCUT2D eigenvalue weighted by molar-refractivity contribution is 0.0986. The minimum absolute atomic E-state index is 0.0935. The van der Waals surface area contributed by atoms with Gasteiger partial charge in [0.1, 0.15) is 30.1 Å². The highest BCUT2D eigenvalue weighted by Crippen LogP contribution is 2.40. The molecule has 0 saturated carbocycles. The number of hydrogen-bond donors (Lipinski definition) is 0.